The standard InChI is InChI=1S/C16H21BrN2O5/c1-4-7-18-15(21)10(2)19-14(20)9-24-16(22)11-5-6-13(23-3)12(17)8-11/h5-6,8,10H,4,7,9H2,1-3H3,(H,18,21)(H,19,20)/t10-/m1/s1. The molecule has 1 atom stereocenters. The second-order valence-electron chi connectivity index (χ2n) is 5.01. The first-order chi connectivity index (χ1) is 11.4. The van der Waals surface area contributed by atoms with E-state index in [0.29, 0.717) is 16.8 Å². The van der Waals surface area contributed by atoms with Gasteiger partial charge in [0, 0.05) is 6.54 Å². The first kappa shape index (κ1) is 20.0. The van der Waals surface area contributed by atoms with Crippen LogP contribution < -0.4 is 15.4 Å². The van der Waals surface area contributed by atoms with Gasteiger partial charge in [-0.1, -0.05) is 6.92 Å². The number of amides is 2. The van der Waals surface area contributed by atoms with Crippen LogP contribution in [0.4, 0.5) is 0 Å². The molecule has 0 saturated carbocycles. The summed E-state index contributed by atoms with van der Waals surface area (Å²) in [5.41, 5.74) is 0.282. The van der Waals surface area contributed by atoms with Crippen molar-refractivity contribution < 1.29 is 23.9 Å². The lowest BCUT2D eigenvalue weighted by atomic mass is 10.2. The van der Waals surface area contributed by atoms with E-state index in [0.717, 1.165) is 6.42 Å². The SMILES string of the molecule is CCCNC(=O)[C@@H](C)NC(=O)COC(=O)c1ccc(OC)c(Br)c1. The van der Waals surface area contributed by atoms with Crippen molar-refractivity contribution in [2.24, 2.45) is 0 Å². The fourth-order valence-corrected chi connectivity index (χ4v) is 2.30. The van der Waals surface area contributed by atoms with Crippen LogP contribution in [0.1, 0.15) is 30.6 Å². The maximum Gasteiger partial charge on any atom is 0.338 e. The number of hydrogen-bond donors (Lipinski definition) is 2. The second-order valence-corrected chi connectivity index (χ2v) is 5.86. The van der Waals surface area contributed by atoms with Crippen molar-refractivity contribution in [1.29, 1.82) is 0 Å². The predicted octanol–water partition coefficient (Wildman–Crippen LogP) is 1.65. The highest BCUT2D eigenvalue weighted by Gasteiger charge is 2.17. The molecule has 2 amide bonds. The van der Waals surface area contributed by atoms with Gasteiger partial charge >= 0.3 is 5.97 Å². The van der Waals surface area contributed by atoms with E-state index in [1.165, 1.54) is 13.2 Å². The van der Waals surface area contributed by atoms with Gasteiger partial charge in [0.1, 0.15) is 11.8 Å². The van der Waals surface area contributed by atoms with Crippen LogP contribution in [0.25, 0.3) is 0 Å². The number of nitrogens with one attached hydrogen (secondary N) is 2. The van der Waals surface area contributed by atoms with E-state index in [2.05, 4.69) is 26.6 Å². The molecule has 1 aromatic carbocycles. The van der Waals surface area contributed by atoms with Gasteiger partial charge in [0.15, 0.2) is 6.61 Å². The highest BCUT2D eigenvalue weighted by molar-refractivity contribution is 9.10. The number of methoxy groups -OCH3 is 1. The highest BCUT2D eigenvalue weighted by atomic mass is 79.9. The van der Waals surface area contributed by atoms with E-state index in [9.17, 15) is 14.4 Å². The van der Waals surface area contributed by atoms with Crippen LogP contribution >= 0.6 is 15.9 Å². The number of esters is 1. The maximum absolute atomic E-state index is 11.9. The van der Waals surface area contributed by atoms with Crippen molar-refractivity contribution >= 4 is 33.7 Å². The summed E-state index contributed by atoms with van der Waals surface area (Å²) in [6.07, 6.45) is 0.807. The molecule has 24 heavy (non-hydrogen) atoms. The molecule has 0 aliphatic rings. The van der Waals surface area contributed by atoms with Gasteiger partial charge in [-0.25, -0.2) is 4.79 Å². The van der Waals surface area contributed by atoms with Crippen molar-refractivity contribution in [3.05, 3.63) is 28.2 Å². The van der Waals surface area contributed by atoms with Crippen molar-refractivity contribution in [2.75, 3.05) is 20.3 Å². The second kappa shape index (κ2) is 9.92. The molecule has 7 nitrogen and oxygen atoms in total. The van der Waals surface area contributed by atoms with Crippen LogP contribution in [0.2, 0.25) is 0 Å². The molecule has 8 heteroatoms. The van der Waals surface area contributed by atoms with Gasteiger partial charge in [-0.05, 0) is 47.5 Å². The highest BCUT2D eigenvalue weighted by Crippen LogP contribution is 2.25. The van der Waals surface area contributed by atoms with Gasteiger partial charge in [-0.3, -0.25) is 9.59 Å². The lowest BCUT2D eigenvalue weighted by molar-refractivity contribution is -0.130. The zero-order valence-electron chi connectivity index (χ0n) is 13.8. The molecular weight excluding hydrogens is 380 g/mol. The summed E-state index contributed by atoms with van der Waals surface area (Å²) in [6, 6.07) is 3.99. The van der Waals surface area contributed by atoms with Crippen molar-refractivity contribution in [2.45, 2.75) is 26.3 Å². The fourth-order valence-electron chi connectivity index (χ4n) is 1.76. The summed E-state index contributed by atoms with van der Waals surface area (Å²) in [7, 11) is 1.51. The Morgan fingerprint density at radius 2 is 2.00 bits per heavy atom. The third-order valence-corrected chi connectivity index (χ3v) is 3.66. The van der Waals surface area contributed by atoms with E-state index in [-0.39, 0.29) is 11.5 Å². The summed E-state index contributed by atoms with van der Waals surface area (Å²) >= 11 is 3.27. The molecule has 0 aliphatic heterocycles. The molecule has 1 aromatic rings. The van der Waals surface area contributed by atoms with Gasteiger partial charge in [-0.2, -0.15) is 0 Å². The Hall–Kier alpha value is -2.09. The van der Waals surface area contributed by atoms with E-state index in [4.69, 9.17) is 9.47 Å². The van der Waals surface area contributed by atoms with Gasteiger partial charge < -0.3 is 20.1 Å². The first-order valence-electron chi connectivity index (χ1n) is 7.46. The van der Waals surface area contributed by atoms with Crippen LogP contribution in [-0.4, -0.2) is 44.1 Å². The molecule has 0 unspecified atom stereocenters. The molecule has 1 rings (SSSR count). The van der Waals surface area contributed by atoms with Crippen molar-refractivity contribution in [1.82, 2.24) is 10.6 Å². The smallest absolute Gasteiger partial charge is 0.338 e. The van der Waals surface area contributed by atoms with Gasteiger partial charge in [0.05, 0.1) is 17.1 Å². The van der Waals surface area contributed by atoms with E-state index >= 15 is 0 Å². The summed E-state index contributed by atoms with van der Waals surface area (Å²) in [4.78, 5) is 35.3. The topological polar surface area (TPSA) is 93.7 Å². The third-order valence-electron chi connectivity index (χ3n) is 3.04. The Kier molecular flexibility index (Phi) is 8.25. The number of halogens is 1. The summed E-state index contributed by atoms with van der Waals surface area (Å²) < 4.78 is 10.6. The van der Waals surface area contributed by atoms with Gasteiger partial charge in [0.2, 0.25) is 5.91 Å². The molecule has 0 aromatic heterocycles. The third kappa shape index (κ3) is 6.19. The number of carbonyl (C=O) groups excluding carboxylic acids is 3. The number of ether oxygens (including phenoxy) is 2. The number of carbonyl (C=O) groups is 3. The molecule has 0 saturated heterocycles. The predicted molar refractivity (Wildman–Crippen MR) is 91.9 cm³/mol. The van der Waals surface area contributed by atoms with Crippen LogP contribution in [0.5, 0.6) is 5.75 Å². The summed E-state index contributed by atoms with van der Waals surface area (Å²) in [5, 5.41) is 5.13. The zero-order chi connectivity index (χ0) is 18.1. The Labute approximate surface area is 149 Å². The van der Waals surface area contributed by atoms with Crippen LogP contribution in [0.15, 0.2) is 22.7 Å². The molecule has 0 bridgehead atoms. The quantitative estimate of drug-likeness (QED) is 0.646. The van der Waals surface area contributed by atoms with Crippen LogP contribution in [0.3, 0.4) is 0 Å². The lowest BCUT2D eigenvalue weighted by Gasteiger charge is -2.14. The lowest BCUT2D eigenvalue weighted by Crippen LogP contribution is -2.46. The van der Waals surface area contributed by atoms with Crippen molar-refractivity contribution in [3.63, 3.8) is 0 Å². The normalized spacial score (nSPS) is 11.3. The first-order valence-corrected chi connectivity index (χ1v) is 8.26. The van der Waals surface area contributed by atoms with Crippen LogP contribution in [-0.2, 0) is 14.3 Å². The fraction of sp³-hybridized carbons (Fsp3) is 0.438. The van der Waals surface area contributed by atoms with E-state index in [1.807, 2.05) is 6.92 Å². The number of hydrogen-bond acceptors (Lipinski definition) is 5. The van der Waals surface area contributed by atoms with Crippen LogP contribution in [0, 0.1) is 0 Å². The minimum atomic E-state index is -0.696. The van der Waals surface area contributed by atoms with E-state index in [1.54, 1.807) is 19.1 Å². The Morgan fingerprint density at radius 1 is 1.29 bits per heavy atom. The molecule has 132 valence electrons. The summed E-state index contributed by atoms with van der Waals surface area (Å²) in [6.45, 7) is 3.57. The molecular formula is C16H21BrN2O5. The minimum Gasteiger partial charge on any atom is -0.496 e. The molecule has 0 fully saturated rings. The monoisotopic (exact) mass is 400 g/mol. The molecule has 0 aliphatic carbocycles. The van der Waals surface area contributed by atoms with Gasteiger partial charge in [0.25, 0.3) is 5.91 Å². The number of benzene rings is 1. The molecule has 0 radical (unpaired) electrons. The molecule has 0 heterocycles. The Balaban J connectivity index is 2.47. The maximum atomic E-state index is 11.9. The average molecular weight is 401 g/mol. The Morgan fingerprint density at radius 3 is 2.58 bits per heavy atom. The van der Waals surface area contributed by atoms with E-state index < -0.39 is 24.5 Å². The van der Waals surface area contributed by atoms with Gasteiger partial charge in [-0.15, -0.1) is 0 Å². The number of rotatable bonds is 8. The molecule has 0 spiro atoms. The minimum absolute atomic E-state index is 0.282. The average Bonchev–Trinajstić information content (AvgIpc) is 2.57. The Bertz CT molecular complexity index is 606. The largest absolute Gasteiger partial charge is 0.496 e. The van der Waals surface area contributed by atoms with Crippen molar-refractivity contribution in [3.8, 4) is 5.75 Å². The zero-order valence-corrected chi connectivity index (χ0v) is 15.4. The summed E-state index contributed by atoms with van der Waals surface area (Å²) in [5.74, 6) is -0.890. The molecule has 2 N–H and O–H groups in total.